The highest BCUT2D eigenvalue weighted by molar-refractivity contribution is 5.89. The van der Waals surface area contributed by atoms with Crippen molar-refractivity contribution in [1.29, 1.82) is 0 Å². The van der Waals surface area contributed by atoms with Gasteiger partial charge in [-0.3, -0.25) is 9.48 Å². The van der Waals surface area contributed by atoms with E-state index in [1.807, 2.05) is 27.0 Å². The van der Waals surface area contributed by atoms with E-state index in [-0.39, 0.29) is 23.3 Å². The third-order valence-corrected chi connectivity index (χ3v) is 5.41. The highest BCUT2D eigenvalue weighted by atomic mass is 16.5. The van der Waals surface area contributed by atoms with E-state index in [0.29, 0.717) is 6.54 Å². The zero-order valence-electron chi connectivity index (χ0n) is 12.9. The molecule has 6 heteroatoms. The molecular formula is C15H24N4O2. The molecule has 6 nitrogen and oxygen atoms in total. The lowest BCUT2D eigenvalue weighted by Gasteiger charge is -2.65. The second kappa shape index (κ2) is 4.81. The van der Waals surface area contributed by atoms with E-state index in [0.717, 1.165) is 25.1 Å². The first-order valence-electron chi connectivity index (χ1n) is 7.54. The second-order valence-electron chi connectivity index (χ2n) is 6.76. The number of hydrogen-bond acceptors (Lipinski definition) is 4. The summed E-state index contributed by atoms with van der Waals surface area (Å²) in [6.07, 6.45) is 3.76. The van der Waals surface area contributed by atoms with Crippen molar-refractivity contribution >= 4 is 5.91 Å². The highest BCUT2D eigenvalue weighted by Gasteiger charge is 2.70. The number of amides is 1. The summed E-state index contributed by atoms with van der Waals surface area (Å²) in [5.74, 6) is 0.0354. The predicted octanol–water partition coefficient (Wildman–Crippen LogP) is 0.569. The second-order valence-corrected chi connectivity index (χ2v) is 6.76. The monoisotopic (exact) mass is 292 g/mol. The molecule has 2 fully saturated rings. The van der Waals surface area contributed by atoms with Crippen LogP contribution in [0.4, 0.5) is 0 Å². The van der Waals surface area contributed by atoms with E-state index < -0.39 is 5.54 Å². The average molecular weight is 292 g/mol. The van der Waals surface area contributed by atoms with Crippen LogP contribution in [0.3, 0.4) is 0 Å². The molecular weight excluding hydrogens is 268 g/mol. The fraction of sp³-hybridized carbons (Fsp3) is 0.733. The molecule has 1 saturated heterocycles. The van der Waals surface area contributed by atoms with Gasteiger partial charge in [-0.2, -0.15) is 5.10 Å². The molecule has 1 aromatic heterocycles. The molecule has 1 amide bonds. The number of hydrogen-bond donors (Lipinski definition) is 2. The molecule has 0 radical (unpaired) electrons. The number of ether oxygens (including phenoxy) is 1. The lowest BCUT2D eigenvalue weighted by atomic mass is 9.46. The minimum atomic E-state index is -0.851. The zero-order valence-corrected chi connectivity index (χ0v) is 12.9. The summed E-state index contributed by atoms with van der Waals surface area (Å²) in [4.78, 5) is 12.7. The molecule has 3 unspecified atom stereocenters. The van der Waals surface area contributed by atoms with Crippen molar-refractivity contribution < 1.29 is 9.53 Å². The number of nitrogens with one attached hydrogen (secondary N) is 1. The molecule has 1 aromatic rings. The summed E-state index contributed by atoms with van der Waals surface area (Å²) in [5, 5.41) is 7.08. The Kier molecular flexibility index (Phi) is 3.33. The van der Waals surface area contributed by atoms with Crippen LogP contribution in [0.1, 0.15) is 32.4 Å². The van der Waals surface area contributed by atoms with Gasteiger partial charge in [-0.15, -0.1) is 0 Å². The van der Waals surface area contributed by atoms with Crippen LogP contribution in [-0.4, -0.2) is 33.9 Å². The van der Waals surface area contributed by atoms with Gasteiger partial charge in [0.25, 0.3) is 0 Å². The van der Waals surface area contributed by atoms with Crippen molar-refractivity contribution in [3.05, 3.63) is 18.0 Å². The largest absolute Gasteiger partial charge is 0.377 e. The summed E-state index contributed by atoms with van der Waals surface area (Å²) >= 11 is 0. The lowest BCUT2D eigenvalue weighted by Crippen LogP contribution is -2.82. The van der Waals surface area contributed by atoms with Gasteiger partial charge in [-0.05, 0) is 18.9 Å². The smallest absolute Gasteiger partial charge is 0.241 e. The van der Waals surface area contributed by atoms with Crippen molar-refractivity contribution in [3.8, 4) is 0 Å². The van der Waals surface area contributed by atoms with Gasteiger partial charge >= 0.3 is 0 Å². The average Bonchev–Trinajstić information content (AvgIpc) is 2.89. The molecule has 2 heterocycles. The van der Waals surface area contributed by atoms with Crippen molar-refractivity contribution in [1.82, 2.24) is 15.1 Å². The van der Waals surface area contributed by atoms with E-state index in [2.05, 4.69) is 10.4 Å². The van der Waals surface area contributed by atoms with Crippen LogP contribution in [0.15, 0.2) is 12.3 Å². The van der Waals surface area contributed by atoms with Gasteiger partial charge < -0.3 is 15.8 Å². The van der Waals surface area contributed by atoms with Gasteiger partial charge in [0.1, 0.15) is 5.54 Å². The number of aryl methyl sites for hydroxylation is 1. The summed E-state index contributed by atoms with van der Waals surface area (Å²) < 4.78 is 7.59. The Morgan fingerprint density at radius 2 is 2.38 bits per heavy atom. The molecule has 1 saturated carbocycles. The van der Waals surface area contributed by atoms with Crippen LogP contribution in [0.2, 0.25) is 0 Å². The first-order valence-corrected chi connectivity index (χ1v) is 7.54. The minimum Gasteiger partial charge on any atom is -0.377 e. The standard InChI is InChI=1S/C15H24N4O2/c1-14(2)12-11(5-4-8-21-12)15(14,16)13(20)17-9-10-6-7-18-19(10)3/h6-7,11-12H,4-5,8-9,16H2,1-3H3,(H,17,20). The number of fused-ring (bicyclic) bond motifs is 1. The number of carbonyl (C=O) groups excluding carboxylic acids is 1. The van der Waals surface area contributed by atoms with Crippen molar-refractivity contribution in [2.75, 3.05) is 6.61 Å². The molecule has 2 aliphatic rings. The number of aromatic nitrogens is 2. The van der Waals surface area contributed by atoms with Gasteiger partial charge in [0.15, 0.2) is 0 Å². The Morgan fingerprint density at radius 3 is 3.05 bits per heavy atom. The van der Waals surface area contributed by atoms with Crippen LogP contribution in [0.5, 0.6) is 0 Å². The van der Waals surface area contributed by atoms with E-state index >= 15 is 0 Å². The Hall–Kier alpha value is -1.40. The predicted molar refractivity (Wildman–Crippen MR) is 78.2 cm³/mol. The third-order valence-electron chi connectivity index (χ3n) is 5.41. The fourth-order valence-corrected chi connectivity index (χ4v) is 3.93. The van der Waals surface area contributed by atoms with Gasteiger partial charge in [0.2, 0.25) is 5.91 Å². The van der Waals surface area contributed by atoms with Gasteiger partial charge in [-0.1, -0.05) is 13.8 Å². The Balaban J connectivity index is 1.72. The minimum absolute atomic E-state index is 0.0829. The first kappa shape index (κ1) is 14.5. The normalized spacial score (nSPS) is 33.9. The van der Waals surface area contributed by atoms with Crippen LogP contribution >= 0.6 is 0 Å². The molecule has 3 atom stereocenters. The summed E-state index contributed by atoms with van der Waals surface area (Å²) in [6.45, 7) is 5.28. The van der Waals surface area contributed by atoms with E-state index in [4.69, 9.17) is 10.5 Å². The van der Waals surface area contributed by atoms with Crippen LogP contribution in [-0.2, 0) is 23.1 Å². The molecule has 116 valence electrons. The molecule has 0 bridgehead atoms. The van der Waals surface area contributed by atoms with E-state index in [1.54, 1.807) is 10.9 Å². The van der Waals surface area contributed by atoms with Crippen LogP contribution in [0.25, 0.3) is 0 Å². The molecule has 0 aromatic carbocycles. The van der Waals surface area contributed by atoms with Crippen LogP contribution < -0.4 is 11.1 Å². The summed E-state index contributed by atoms with van der Waals surface area (Å²) in [7, 11) is 1.86. The Morgan fingerprint density at radius 1 is 1.62 bits per heavy atom. The maximum absolute atomic E-state index is 12.7. The molecule has 3 N–H and O–H groups in total. The molecule has 3 rings (SSSR count). The lowest BCUT2D eigenvalue weighted by molar-refractivity contribution is -0.225. The van der Waals surface area contributed by atoms with Crippen LogP contribution in [0, 0.1) is 11.3 Å². The van der Waals surface area contributed by atoms with Crippen molar-refractivity contribution in [2.45, 2.75) is 44.9 Å². The topological polar surface area (TPSA) is 82.2 Å². The van der Waals surface area contributed by atoms with Gasteiger partial charge in [0.05, 0.1) is 18.3 Å². The number of rotatable bonds is 3. The number of nitrogens with zero attached hydrogens (tertiary/aromatic N) is 2. The quantitative estimate of drug-likeness (QED) is 0.853. The number of nitrogens with two attached hydrogens (primary N) is 1. The SMILES string of the molecule is Cn1nccc1CNC(=O)C1(N)C2CCCOC2C1(C)C. The number of carbonyl (C=O) groups is 1. The van der Waals surface area contributed by atoms with E-state index in [9.17, 15) is 4.79 Å². The summed E-state index contributed by atoms with van der Waals surface area (Å²) in [6, 6.07) is 1.89. The maximum Gasteiger partial charge on any atom is 0.241 e. The third kappa shape index (κ3) is 1.92. The van der Waals surface area contributed by atoms with Crippen molar-refractivity contribution in [2.24, 2.45) is 24.1 Å². The van der Waals surface area contributed by atoms with Crippen molar-refractivity contribution in [3.63, 3.8) is 0 Å². The van der Waals surface area contributed by atoms with Gasteiger partial charge in [-0.25, -0.2) is 0 Å². The summed E-state index contributed by atoms with van der Waals surface area (Å²) in [5.41, 5.74) is 6.31. The molecule has 1 aliphatic heterocycles. The van der Waals surface area contributed by atoms with E-state index in [1.165, 1.54) is 0 Å². The maximum atomic E-state index is 12.7. The molecule has 21 heavy (non-hydrogen) atoms. The molecule has 0 spiro atoms. The first-order chi connectivity index (χ1) is 9.89. The van der Waals surface area contributed by atoms with Gasteiger partial charge in [0, 0.05) is 31.2 Å². The highest BCUT2D eigenvalue weighted by Crippen LogP contribution is 2.57. The Labute approximate surface area is 125 Å². The molecule has 1 aliphatic carbocycles. The fourth-order valence-electron chi connectivity index (χ4n) is 3.93. The Bertz CT molecular complexity index is 554. The zero-order chi connectivity index (χ0) is 15.3.